The maximum Gasteiger partial charge on any atom is 0.250 e. The van der Waals surface area contributed by atoms with Crippen molar-refractivity contribution in [3.8, 4) is 0 Å². The van der Waals surface area contributed by atoms with Crippen LogP contribution in [0.1, 0.15) is 19.8 Å². The monoisotopic (exact) mass is 448 g/mol. The summed E-state index contributed by atoms with van der Waals surface area (Å²) in [6.45, 7) is 2.72. The molecule has 0 aromatic heterocycles. The van der Waals surface area contributed by atoms with Crippen LogP contribution in [0.25, 0.3) is 0 Å². The van der Waals surface area contributed by atoms with Gasteiger partial charge in [0.1, 0.15) is 6.29 Å². The molecule has 30 heavy (non-hydrogen) atoms. The lowest BCUT2D eigenvalue weighted by Gasteiger charge is -2.34. The van der Waals surface area contributed by atoms with Crippen molar-refractivity contribution in [3.05, 3.63) is 57.2 Å². The van der Waals surface area contributed by atoms with Gasteiger partial charge in [0.15, 0.2) is 0 Å². The third-order valence-electron chi connectivity index (χ3n) is 5.27. The lowest BCUT2D eigenvalue weighted by atomic mass is 9.82. The maximum absolute atomic E-state index is 13.1. The topological polar surface area (TPSA) is 90.9 Å². The van der Waals surface area contributed by atoms with Gasteiger partial charge in [0, 0.05) is 41.7 Å². The lowest BCUT2D eigenvalue weighted by molar-refractivity contribution is -0.127. The molecule has 3 rings (SSSR count). The molecule has 2 heterocycles. The number of carbonyl (C=O) groups is 3. The van der Waals surface area contributed by atoms with Crippen LogP contribution in [0.4, 0.5) is 0 Å². The highest BCUT2D eigenvalue weighted by Crippen LogP contribution is 2.34. The van der Waals surface area contributed by atoms with E-state index >= 15 is 0 Å². The van der Waals surface area contributed by atoms with E-state index in [4.69, 9.17) is 23.2 Å². The summed E-state index contributed by atoms with van der Waals surface area (Å²) in [5, 5.41) is 6.78. The number of nitrogens with one attached hydrogen (secondary N) is 2. The Labute approximate surface area is 184 Å². The molecular weight excluding hydrogens is 427 g/mol. The number of hydrogen-bond donors (Lipinski definition) is 2. The Morgan fingerprint density at radius 2 is 2.20 bits per heavy atom. The number of rotatable bonds is 6. The molecule has 0 radical (unpaired) electrons. The first-order valence-corrected chi connectivity index (χ1v) is 10.3. The van der Waals surface area contributed by atoms with Crippen molar-refractivity contribution in [2.24, 2.45) is 5.10 Å². The van der Waals surface area contributed by atoms with E-state index in [1.165, 1.54) is 11.6 Å². The number of halogens is 2. The van der Waals surface area contributed by atoms with E-state index in [1.54, 1.807) is 17.2 Å². The van der Waals surface area contributed by atoms with Gasteiger partial charge in [-0.15, -0.1) is 0 Å². The Hall–Kier alpha value is -2.64. The molecular formula is C21H22Cl2N4O3. The quantitative estimate of drug-likeness (QED) is 0.481. The Bertz CT molecular complexity index is 946. The van der Waals surface area contributed by atoms with E-state index in [-0.39, 0.29) is 23.0 Å². The molecule has 0 aromatic carbocycles. The SMILES string of the molecule is CC12CC(C(=O)N3CCC(C(/Cl)=C/C(=O)NCC=O)=C(/C=C/Cl)C3)=CC=C1C=NN2. The first kappa shape index (κ1) is 22.1. The fourth-order valence-electron chi connectivity index (χ4n) is 3.66. The number of hydrazone groups is 1. The van der Waals surface area contributed by atoms with Gasteiger partial charge in [-0.2, -0.15) is 5.10 Å². The Morgan fingerprint density at radius 3 is 2.93 bits per heavy atom. The summed E-state index contributed by atoms with van der Waals surface area (Å²) >= 11 is 12.1. The minimum Gasteiger partial charge on any atom is -0.346 e. The summed E-state index contributed by atoms with van der Waals surface area (Å²) < 4.78 is 0. The second-order valence-corrected chi connectivity index (χ2v) is 8.03. The largest absolute Gasteiger partial charge is 0.346 e. The molecule has 2 amide bonds. The summed E-state index contributed by atoms with van der Waals surface area (Å²) in [5.74, 6) is -0.509. The zero-order valence-electron chi connectivity index (χ0n) is 16.5. The molecule has 0 saturated heterocycles. The molecule has 1 atom stereocenters. The van der Waals surface area contributed by atoms with E-state index in [2.05, 4.69) is 15.8 Å². The summed E-state index contributed by atoms with van der Waals surface area (Å²) in [4.78, 5) is 37.1. The van der Waals surface area contributed by atoms with Gasteiger partial charge < -0.3 is 15.0 Å². The molecule has 2 aliphatic heterocycles. The predicted octanol–water partition coefficient (Wildman–Crippen LogP) is 2.31. The molecule has 7 nitrogen and oxygen atoms in total. The van der Waals surface area contributed by atoms with Gasteiger partial charge in [-0.1, -0.05) is 35.4 Å². The third kappa shape index (κ3) is 4.74. The molecule has 0 aromatic rings. The first-order valence-electron chi connectivity index (χ1n) is 9.46. The molecule has 158 valence electrons. The first-order chi connectivity index (χ1) is 14.4. The smallest absolute Gasteiger partial charge is 0.250 e. The highest BCUT2D eigenvalue weighted by Gasteiger charge is 2.37. The minimum absolute atomic E-state index is 0.0522. The van der Waals surface area contributed by atoms with E-state index in [1.807, 2.05) is 19.1 Å². The predicted molar refractivity (Wildman–Crippen MR) is 117 cm³/mol. The maximum atomic E-state index is 13.1. The van der Waals surface area contributed by atoms with Crippen LogP contribution in [0.2, 0.25) is 0 Å². The number of fused-ring (bicyclic) bond motifs is 1. The highest BCUT2D eigenvalue weighted by atomic mass is 35.5. The fourth-order valence-corrected chi connectivity index (χ4v) is 4.13. The molecule has 0 spiro atoms. The molecule has 1 unspecified atom stereocenters. The van der Waals surface area contributed by atoms with Crippen molar-refractivity contribution in [1.82, 2.24) is 15.6 Å². The van der Waals surface area contributed by atoms with Gasteiger partial charge in [-0.25, -0.2) is 0 Å². The van der Waals surface area contributed by atoms with Crippen molar-refractivity contribution in [1.29, 1.82) is 0 Å². The number of allylic oxidation sites excluding steroid dienone is 3. The zero-order chi connectivity index (χ0) is 21.7. The molecule has 3 aliphatic rings. The highest BCUT2D eigenvalue weighted by molar-refractivity contribution is 6.33. The van der Waals surface area contributed by atoms with Crippen LogP contribution in [0.3, 0.4) is 0 Å². The van der Waals surface area contributed by atoms with Crippen molar-refractivity contribution >= 4 is 47.5 Å². The van der Waals surface area contributed by atoms with Crippen LogP contribution in [0.15, 0.2) is 62.3 Å². The zero-order valence-corrected chi connectivity index (χ0v) is 18.0. The van der Waals surface area contributed by atoms with Gasteiger partial charge in [0.25, 0.3) is 0 Å². The van der Waals surface area contributed by atoms with Crippen molar-refractivity contribution < 1.29 is 14.4 Å². The summed E-state index contributed by atoms with van der Waals surface area (Å²) in [6.07, 6.45) is 10.1. The van der Waals surface area contributed by atoms with E-state index in [0.29, 0.717) is 37.8 Å². The number of aldehydes is 1. The number of nitrogens with zero attached hydrogens (tertiary/aromatic N) is 2. The van der Waals surface area contributed by atoms with Gasteiger partial charge in [0.05, 0.1) is 18.3 Å². The van der Waals surface area contributed by atoms with Crippen LogP contribution >= 0.6 is 23.2 Å². The van der Waals surface area contributed by atoms with Gasteiger partial charge in [0.2, 0.25) is 11.8 Å². The van der Waals surface area contributed by atoms with E-state index < -0.39 is 5.91 Å². The number of hydrogen-bond acceptors (Lipinski definition) is 5. The van der Waals surface area contributed by atoms with Gasteiger partial charge in [-0.3, -0.25) is 15.0 Å². The van der Waals surface area contributed by atoms with Crippen molar-refractivity contribution in [2.45, 2.75) is 25.3 Å². The Kier molecular flexibility index (Phi) is 6.95. The van der Waals surface area contributed by atoms with Gasteiger partial charge >= 0.3 is 0 Å². The van der Waals surface area contributed by atoms with Crippen LogP contribution in [0, 0.1) is 0 Å². The summed E-state index contributed by atoms with van der Waals surface area (Å²) in [6, 6.07) is 0. The lowest BCUT2D eigenvalue weighted by Crippen LogP contribution is -2.43. The average molecular weight is 449 g/mol. The molecule has 0 fully saturated rings. The third-order valence-corrected chi connectivity index (χ3v) is 5.74. The Balaban J connectivity index is 1.77. The van der Waals surface area contributed by atoms with Crippen LogP contribution < -0.4 is 10.7 Å². The van der Waals surface area contributed by atoms with Crippen LogP contribution in [-0.2, 0) is 14.4 Å². The van der Waals surface area contributed by atoms with E-state index in [9.17, 15) is 14.4 Å². The number of amides is 2. The fraction of sp³-hybridized carbons (Fsp3) is 0.333. The number of carbonyl (C=O) groups excluding carboxylic acids is 3. The average Bonchev–Trinajstić information content (AvgIpc) is 3.12. The normalized spacial score (nSPS) is 23.7. The van der Waals surface area contributed by atoms with Crippen molar-refractivity contribution in [3.63, 3.8) is 0 Å². The van der Waals surface area contributed by atoms with E-state index in [0.717, 1.165) is 16.7 Å². The minimum atomic E-state index is -0.457. The molecule has 0 saturated carbocycles. The molecule has 2 N–H and O–H groups in total. The Morgan fingerprint density at radius 1 is 1.40 bits per heavy atom. The van der Waals surface area contributed by atoms with Crippen LogP contribution in [0.5, 0.6) is 0 Å². The molecule has 0 bridgehead atoms. The molecule has 9 heteroatoms. The summed E-state index contributed by atoms with van der Waals surface area (Å²) in [5.41, 5.74) is 7.32. The second-order valence-electron chi connectivity index (χ2n) is 7.37. The summed E-state index contributed by atoms with van der Waals surface area (Å²) in [7, 11) is 0. The second kappa shape index (κ2) is 9.45. The van der Waals surface area contributed by atoms with Crippen LogP contribution in [-0.4, -0.2) is 54.4 Å². The molecule has 1 aliphatic carbocycles. The standard InChI is InChI=1S/C21H22Cl2N4O3/c1-21-11-14(2-3-16(21)12-25-26-21)20(30)27-8-5-17(15(13-27)4-6-22)18(23)10-19(29)24-7-9-28/h2-4,6,9-10,12,26H,5,7-8,11,13H2,1H3,(H,24,29)/b6-4+,18-10-. The van der Waals surface area contributed by atoms with Gasteiger partial charge in [-0.05, 0) is 36.1 Å². The van der Waals surface area contributed by atoms with Crippen molar-refractivity contribution in [2.75, 3.05) is 19.6 Å².